The Labute approximate surface area is 117 Å². The smallest absolute Gasteiger partial charge is 0.174 e. The first-order valence-electron chi connectivity index (χ1n) is 6.73. The summed E-state index contributed by atoms with van der Waals surface area (Å²) in [6.45, 7) is 5.55. The molecule has 0 radical (unpaired) electrons. The van der Waals surface area contributed by atoms with E-state index < -0.39 is 0 Å². The second-order valence-corrected chi connectivity index (χ2v) is 4.63. The molecule has 1 aromatic carbocycles. The van der Waals surface area contributed by atoms with Gasteiger partial charge in [0.2, 0.25) is 0 Å². The Kier molecular flexibility index (Phi) is 5.12. The molecular formula is C15H19FN2O2. The predicted octanol–water partition coefficient (Wildman–Crippen LogP) is 3.20. The van der Waals surface area contributed by atoms with Gasteiger partial charge < -0.3 is 14.6 Å². The lowest BCUT2D eigenvalue weighted by Crippen LogP contribution is -2.15. The van der Waals surface area contributed by atoms with Crippen molar-refractivity contribution >= 4 is 0 Å². The van der Waals surface area contributed by atoms with E-state index in [9.17, 15) is 4.39 Å². The number of nitrogens with zero attached hydrogens (tertiary/aromatic N) is 1. The van der Waals surface area contributed by atoms with E-state index in [-0.39, 0.29) is 18.2 Å². The maximum atomic E-state index is 13.9. The summed E-state index contributed by atoms with van der Waals surface area (Å²) < 4.78 is 24.5. The number of ether oxygens (including phenoxy) is 1. The van der Waals surface area contributed by atoms with Gasteiger partial charge in [-0.3, -0.25) is 0 Å². The molecule has 2 aromatic rings. The number of aryl methyl sites for hydroxylation is 1. The topological polar surface area (TPSA) is 47.3 Å². The maximum absolute atomic E-state index is 13.9. The fourth-order valence-corrected chi connectivity index (χ4v) is 1.88. The Hall–Kier alpha value is -1.88. The van der Waals surface area contributed by atoms with Crippen LogP contribution >= 0.6 is 0 Å². The molecule has 4 nitrogen and oxygen atoms in total. The molecule has 0 saturated heterocycles. The van der Waals surface area contributed by atoms with Crippen molar-refractivity contribution in [2.24, 2.45) is 0 Å². The van der Waals surface area contributed by atoms with Crippen LogP contribution in [0.25, 0.3) is 0 Å². The molecule has 0 aliphatic carbocycles. The molecule has 1 heterocycles. The standard InChI is InChI=1S/C15H19FN2O2/c1-3-7-17-9-12-5-4-6-14(16)15(12)19-10-13-8-11(2)18-20-13/h4-6,8,17H,3,7,9-10H2,1-2H3. The first-order valence-corrected chi connectivity index (χ1v) is 6.73. The minimum atomic E-state index is -0.364. The summed E-state index contributed by atoms with van der Waals surface area (Å²) in [5.74, 6) is 0.486. The third-order valence-electron chi connectivity index (χ3n) is 2.83. The van der Waals surface area contributed by atoms with Crippen LogP contribution < -0.4 is 10.1 Å². The van der Waals surface area contributed by atoms with Crippen LogP contribution in [-0.4, -0.2) is 11.7 Å². The predicted molar refractivity (Wildman–Crippen MR) is 74.0 cm³/mol. The van der Waals surface area contributed by atoms with Gasteiger partial charge in [-0.1, -0.05) is 24.2 Å². The van der Waals surface area contributed by atoms with Gasteiger partial charge in [-0.25, -0.2) is 4.39 Å². The molecule has 0 atom stereocenters. The van der Waals surface area contributed by atoms with E-state index in [2.05, 4.69) is 17.4 Å². The number of hydrogen-bond donors (Lipinski definition) is 1. The Balaban J connectivity index is 2.04. The van der Waals surface area contributed by atoms with E-state index in [0.717, 1.165) is 24.2 Å². The van der Waals surface area contributed by atoms with Crippen LogP contribution in [-0.2, 0) is 13.2 Å². The van der Waals surface area contributed by atoms with Crippen LogP contribution in [0.3, 0.4) is 0 Å². The molecule has 5 heteroatoms. The number of rotatable bonds is 7. The minimum Gasteiger partial charge on any atom is -0.482 e. The van der Waals surface area contributed by atoms with Crippen LogP contribution in [0.5, 0.6) is 5.75 Å². The van der Waals surface area contributed by atoms with Gasteiger partial charge in [-0.15, -0.1) is 0 Å². The van der Waals surface area contributed by atoms with Crippen molar-refractivity contribution < 1.29 is 13.7 Å². The Bertz CT molecular complexity index is 555. The van der Waals surface area contributed by atoms with Gasteiger partial charge in [0.05, 0.1) is 5.69 Å². The minimum absolute atomic E-state index is 0.169. The lowest BCUT2D eigenvalue weighted by molar-refractivity contribution is 0.237. The van der Waals surface area contributed by atoms with Gasteiger partial charge in [-0.2, -0.15) is 0 Å². The van der Waals surface area contributed by atoms with Crippen molar-refractivity contribution in [2.75, 3.05) is 6.54 Å². The molecular weight excluding hydrogens is 259 g/mol. The maximum Gasteiger partial charge on any atom is 0.174 e. The normalized spacial score (nSPS) is 10.8. The summed E-state index contributed by atoms with van der Waals surface area (Å²) in [5, 5.41) is 7.01. The number of hydrogen-bond acceptors (Lipinski definition) is 4. The second kappa shape index (κ2) is 7.05. The van der Waals surface area contributed by atoms with E-state index in [0.29, 0.717) is 12.3 Å². The molecule has 0 bridgehead atoms. The summed E-state index contributed by atoms with van der Waals surface area (Å²) in [6, 6.07) is 6.70. The fraction of sp³-hybridized carbons (Fsp3) is 0.400. The second-order valence-electron chi connectivity index (χ2n) is 4.63. The van der Waals surface area contributed by atoms with Crippen LogP contribution in [0, 0.1) is 12.7 Å². The van der Waals surface area contributed by atoms with Gasteiger partial charge in [-0.05, 0) is 26.0 Å². The van der Waals surface area contributed by atoms with Gasteiger partial charge in [0.15, 0.2) is 17.3 Å². The summed E-state index contributed by atoms with van der Waals surface area (Å²) in [7, 11) is 0. The van der Waals surface area contributed by atoms with E-state index in [1.165, 1.54) is 6.07 Å². The van der Waals surface area contributed by atoms with Gasteiger partial charge >= 0.3 is 0 Å². The van der Waals surface area contributed by atoms with Crippen molar-refractivity contribution in [2.45, 2.75) is 33.4 Å². The molecule has 0 unspecified atom stereocenters. The fourth-order valence-electron chi connectivity index (χ4n) is 1.88. The molecule has 1 aromatic heterocycles. The molecule has 0 fully saturated rings. The van der Waals surface area contributed by atoms with Gasteiger partial charge in [0, 0.05) is 18.2 Å². The zero-order chi connectivity index (χ0) is 14.4. The van der Waals surface area contributed by atoms with Crippen molar-refractivity contribution in [3.63, 3.8) is 0 Å². The highest BCUT2D eigenvalue weighted by Crippen LogP contribution is 2.23. The highest BCUT2D eigenvalue weighted by Gasteiger charge is 2.11. The van der Waals surface area contributed by atoms with Crippen LogP contribution in [0.1, 0.15) is 30.4 Å². The highest BCUT2D eigenvalue weighted by molar-refractivity contribution is 5.35. The zero-order valence-electron chi connectivity index (χ0n) is 11.8. The Morgan fingerprint density at radius 3 is 2.95 bits per heavy atom. The molecule has 0 saturated carbocycles. The van der Waals surface area contributed by atoms with Crippen LogP contribution in [0.15, 0.2) is 28.8 Å². The van der Waals surface area contributed by atoms with Crippen molar-refractivity contribution in [3.8, 4) is 5.75 Å². The number of para-hydroxylation sites is 1. The third-order valence-corrected chi connectivity index (χ3v) is 2.83. The zero-order valence-corrected chi connectivity index (χ0v) is 11.8. The lowest BCUT2D eigenvalue weighted by atomic mass is 10.2. The molecule has 0 aliphatic rings. The molecule has 0 amide bonds. The van der Waals surface area contributed by atoms with E-state index >= 15 is 0 Å². The van der Waals surface area contributed by atoms with E-state index in [1.807, 2.05) is 13.0 Å². The molecule has 2 rings (SSSR count). The number of halogens is 1. The molecule has 1 N–H and O–H groups in total. The largest absolute Gasteiger partial charge is 0.482 e. The lowest BCUT2D eigenvalue weighted by Gasteiger charge is -2.11. The monoisotopic (exact) mass is 278 g/mol. The average molecular weight is 278 g/mol. The molecule has 20 heavy (non-hydrogen) atoms. The van der Waals surface area contributed by atoms with Crippen molar-refractivity contribution in [3.05, 3.63) is 47.1 Å². The van der Waals surface area contributed by atoms with Gasteiger partial charge in [0.1, 0.15) is 6.61 Å². The Morgan fingerprint density at radius 2 is 2.25 bits per heavy atom. The molecule has 0 spiro atoms. The number of benzene rings is 1. The van der Waals surface area contributed by atoms with Gasteiger partial charge in [0.25, 0.3) is 0 Å². The average Bonchev–Trinajstić information content (AvgIpc) is 2.84. The molecule has 108 valence electrons. The van der Waals surface area contributed by atoms with E-state index in [4.69, 9.17) is 9.26 Å². The van der Waals surface area contributed by atoms with Crippen molar-refractivity contribution in [1.82, 2.24) is 10.5 Å². The first kappa shape index (κ1) is 14.5. The molecule has 0 aliphatic heterocycles. The summed E-state index contributed by atoms with van der Waals surface area (Å²) in [4.78, 5) is 0. The highest BCUT2D eigenvalue weighted by atomic mass is 19.1. The van der Waals surface area contributed by atoms with Crippen LogP contribution in [0.2, 0.25) is 0 Å². The van der Waals surface area contributed by atoms with Crippen molar-refractivity contribution in [1.29, 1.82) is 0 Å². The quantitative estimate of drug-likeness (QED) is 0.790. The van der Waals surface area contributed by atoms with Crippen LogP contribution in [0.4, 0.5) is 4.39 Å². The summed E-state index contributed by atoms with van der Waals surface area (Å²) in [6.07, 6.45) is 1.03. The van der Waals surface area contributed by atoms with E-state index in [1.54, 1.807) is 12.1 Å². The SMILES string of the molecule is CCCNCc1cccc(F)c1OCc1cc(C)no1. The summed E-state index contributed by atoms with van der Waals surface area (Å²) in [5.41, 5.74) is 1.58. The first-order chi connectivity index (χ1) is 9.70. The Morgan fingerprint density at radius 1 is 1.40 bits per heavy atom. The number of nitrogens with one attached hydrogen (secondary N) is 1. The summed E-state index contributed by atoms with van der Waals surface area (Å²) >= 11 is 0. The third kappa shape index (κ3) is 3.81. The number of aromatic nitrogens is 1.